The van der Waals surface area contributed by atoms with E-state index < -0.39 is 0 Å². The van der Waals surface area contributed by atoms with Crippen molar-refractivity contribution in [2.75, 3.05) is 0 Å². The Hall–Kier alpha value is -0.530. The van der Waals surface area contributed by atoms with Gasteiger partial charge in [0, 0.05) is 6.42 Å². The molecule has 2 nitrogen and oxygen atoms in total. The summed E-state index contributed by atoms with van der Waals surface area (Å²) in [5.41, 5.74) is 0. The Morgan fingerprint density at radius 1 is 0.773 bits per heavy atom. The monoisotopic (exact) mass is 310 g/mol. The summed E-state index contributed by atoms with van der Waals surface area (Å²) >= 11 is 0. The first kappa shape index (κ1) is 19.5. The molecule has 1 rings (SSSR count). The molecule has 0 N–H and O–H groups in total. The molecule has 0 aromatic rings. The predicted molar refractivity (Wildman–Crippen MR) is 94.0 cm³/mol. The smallest absolute Gasteiger partial charge is 0.306 e. The summed E-state index contributed by atoms with van der Waals surface area (Å²) in [6.45, 7) is 2.26. The van der Waals surface area contributed by atoms with Crippen LogP contribution in [0.1, 0.15) is 116 Å². The van der Waals surface area contributed by atoms with Crippen molar-refractivity contribution in [3.63, 3.8) is 0 Å². The normalized spacial score (nSPS) is 16.4. The summed E-state index contributed by atoms with van der Waals surface area (Å²) in [4.78, 5) is 11.8. The molecule has 1 fully saturated rings. The van der Waals surface area contributed by atoms with Crippen LogP contribution in [0.3, 0.4) is 0 Å². The number of rotatable bonds is 12. The Morgan fingerprint density at radius 2 is 1.27 bits per heavy atom. The summed E-state index contributed by atoms with van der Waals surface area (Å²) in [5, 5.41) is 0. The lowest BCUT2D eigenvalue weighted by Gasteiger charge is -2.15. The summed E-state index contributed by atoms with van der Waals surface area (Å²) in [7, 11) is 0. The van der Waals surface area contributed by atoms with Gasteiger partial charge in [-0.05, 0) is 32.1 Å². The van der Waals surface area contributed by atoms with Gasteiger partial charge in [0.25, 0.3) is 0 Å². The van der Waals surface area contributed by atoms with Crippen LogP contribution in [0.4, 0.5) is 0 Å². The van der Waals surface area contributed by atoms with Crippen LogP contribution in [0.15, 0.2) is 0 Å². The van der Waals surface area contributed by atoms with Crippen LogP contribution in [-0.4, -0.2) is 12.1 Å². The predicted octanol–water partition coefficient (Wildman–Crippen LogP) is 6.56. The third-order valence-corrected chi connectivity index (χ3v) is 4.83. The molecule has 130 valence electrons. The van der Waals surface area contributed by atoms with Gasteiger partial charge in [-0.15, -0.1) is 0 Å². The van der Waals surface area contributed by atoms with E-state index in [-0.39, 0.29) is 12.1 Å². The van der Waals surface area contributed by atoms with Gasteiger partial charge in [-0.25, -0.2) is 0 Å². The molecule has 0 atom stereocenters. The molecule has 1 aliphatic rings. The first-order chi connectivity index (χ1) is 10.8. The lowest BCUT2D eigenvalue weighted by atomic mass is 10.1. The molecule has 0 radical (unpaired) electrons. The van der Waals surface area contributed by atoms with Gasteiger partial charge in [-0.1, -0.05) is 77.6 Å². The van der Waals surface area contributed by atoms with Crippen LogP contribution in [-0.2, 0) is 9.53 Å². The lowest BCUT2D eigenvalue weighted by Crippen LogP contribution is -2.17. The maximum Gasteiger partial charge on any atom is 0.306 e. The van der Waals surface area contributed by atoms with Crippen molar-refractivity contribution >= 4 is 5.97 Å². The van der Waals surface area contributed by atoms with Gasteiger partial charge >= 0.3 is 5.97 Å². The maximum atomic E-state index is 11.8. The number of esters is 1. The van der Waals surface area contributed by atoms with E-state index in [9.17, 15) is 4.79 Å². The lowest BCUT2D eigenvalue weighted by molar-refractivity contribution is -0.149. The van der Waals surface area contributed by atoms with Gasteiger partial charge in [0.1, 0.15) is 6.10 Å². The molecule has 0 aromatic carbocycles. The number of hydrogen-bond acceptors (Lipinski definition) is 2. The molecule has 0 spiro atoms. The average Bonchev–Trinajstić information content (AvgIpc) is 2.78. The molecule has 0 unspecified atom stereocenters. The molecule has 0 saturated heterocycles. The van der Waals surface area contributed by atoms with Gasteiger partial charge in [0.2, 0.25) is 0 Å². The second-order valence-corrected chi connectivity index (χ2v) is 7.04. The minimum absolute atomic E-state index is 0.0477. The molecule has 0 heterocycles. The molecule has 2 heteroatoms. The summed E-state index contributed by atoms with van der Waals surface area (Å²) in [6, 6.07) is 0. The Kier molecular flexibility index (Phi) is 12.5. The number of ether oxygens (including phenoxy) is 1. The van der Waals surface area contributed by atoms with E-state index in [1.54, 1.807) is 0 Å². The highest BCUT2D eigenvalue weighted by atomic mass is 16.5. The number of hydrogen-bond donors (Lipinski definition) is 0. The molecular formula is C20H38O2. The van der Waals surface area contributed by atoms with Crippen molar-refractivity contribution in [3.8, 4) is 0 Å². The van der Waals surface area contributed by atoms with Gasteiger partial charge < -0.3 is 4.74 Å². The Bertz CT molecular complexity index is 254. The van der Waals surface area contributed by atoms with E-state index in [4.69, 9.17) is 4.74 Å². The van der Waals surface area contributed by atoms with Crippen LogP contribution >= 0.6 is 0 Å². The number of unbranched alkanes of at least 4 members (excludes halogenated alkanes) is 9. The topological polar surface area (TPSA) is 26.3 Å². The van der Waals surface area contributed by atoms with E-state index in [2.05, 4.69) is 6.92 Å². The Labute approximate surface area is 138 Å². The number of carbonyl (C=O) groups is 1. The zero-order valence-corrected chi connectivity index (χ0v) is 14.9. The first-order valence-electron chi connectivity index (χ1n) is 10.0. The Balaban J connectivity index is 1.86. The SMILES string of the molecule is CCCCCCCCCCCCC(=O)OC1CCCCCC1. The fraction of sp³-hybridized carbons (Fsp3) is 0.950. The third kappa shape index (κ3) is 11.1. The van der Waals surface area contributed by atoms with E-state index >= 15 is 0 Å². The third-order valence-electron chi connectivity index (χ3n) is 4.83. The van der Waals surface area contributed by atoms with Crippen molar-refractivity contribution < 1.29 is 9.53 Å². The highest BCUT2D eigenvalue weighted by Crippen LogP contribution is 2.20. The largest absolute Gasteiger partial charge is 0.462 e. The molecule has 0 aromatic heterocycles. The van der Waals surface area contributed by atoms with Crippen molar-refractivity contribution in [2.24, 2.45) is 0 Å². The summed E-state index contributed by atoms with van der Waals surface area (Å²) in [5.74, 6) is 0.0477. The molecule has 22 heavy (non-hydrogen) atoms. The summed E-state index contributed by atoms with van der Waals surface area (Å²) < 4.78 is 5.61. The van der Waals surface area contributed by atoms with Crippen LogP contribution < -0.4 is 0 Å². The molecule has 0 amide bonds. The zero-order valence-electron chi connectivity index (χ0n) is 14.9. The standard InChI is InChI=1S/C20H38O2/c1-2-3-4-5-6-7-8-9-10-15-18-20(21)22-19-16-13-11-12-14-17-19/h19H,2-18H2,1H3. The second-order valence-electron chi connectivity index (χ2n) is 7.04. The van der Waals surface area contributed by atoms with Gasteiger partial charge in [0.15, 0.2) is 0 Å². The average molecular weight is 311 g/mol. The quantitative estimate of drug-likeness (QED) is 0.232. The van der Waals surface area contributed by atoms with Crippen molar-refractivity contribution in [1.82, 2.24) is 0 Å². The first-order valence-corrected chi connectivity index (χ1v) is 10.0. The minimum atomic E-state index is 0.0477. The van der Waals surface area contributed by atoms with Crippen LogP contribution in [0.25, 0.3) is 0 Å². The molecule has 1 saturated carbocycles. The van der Waals surface area contributed by atoms with E-state index in [1.165, 1.54) is 83.5 Å². The zero-order chi connectivity index (χ0) is 15.9. The van der Waals surface area contributed by atoms with Crippen molar-refractivity contribution in [3.05, 3.63) is 0 Å². The molecule has 0 bridgehead atoms. The van der Waals surface area contributed by atoms with Crippen LogP contribution in [0.2, 0.25) is 0 Å². The molecular weight excluding hydrogens is 272 g/mol. The number of carbonyl (C=O) groups excluding carboxylic acids is 1. The van der Waals surface area contributed by atoms with E-state index in [0.29, 0.717) is 6.42 Å². The maximum absolute atomic E-state index is 11.8. The van der Waals surface area contributed by atoms with Crippen LogP contribution in [0.5, 0.6) is 0 Å². The fourth-order valence-electron chi connectivity index (χ4n) is 3.36. The highest BCUT2D eigenvalue weighted by Gasteiger charge is 2.16. The van der Waals surface area contributed by atoms with Gasteiger partial charge in [0.05, 0.1) is 0 Å². The van der Waals surface area contributed by atoms with Crippen molar-refractivity contribution in [2.45, 2.75) is 122 Å². The molecule has 1 aliphatic carbocycles. The van der Waals surface area contributed by atoms with E-state index in [1.807, 2.05) is 0 Å². The van der Waals surface area contributed by atoms with Gasteiger partial charge in [-0.2, -0.15) is 0 Å². The second kappa shape index (κ2) is 14.1. The summed E-state index contributed by atoms with van der Waals surface area (Å²) in [6.07, 6.45) is 21.2. The van der Waals surface area contributed by atoms with Crippen molar-refractivity contribution in [1.29, 1.82) is 0 Å². The highest BCUT2D eigenvalue weighted by molar-refractivity contribution is 5.69. The minimum Gasteiger partial charge on any atom is -0.462 e. The van der Waals surface area contributed by atoms with Crippen LogP contribution in [0, 0.1) is 0 Å². The Morgan fingerprint density at radius 3 is 1.82 bits per heavy atom. The fourth-order valence-corrected chi connectivity index (χ4v) is 3.36. The molecule has 0 aliphatic heterocycles. The van der Waals surface area contributed by atoms with E-state index in [0.717, 1.165) is 19.3 Å². The van der Waals surface area contributed by atoms with Gasteiger partial charge in [-0.3, -0.25) is 4.79 Å².